The number of sulfonamides is 1. The Morgan fingerprint density at radius 2 is 2.13 bits per heavy atom. The Morgan fingerprint density at radius 1 is 1.43 bits per heavy atom. The lowest BCUT2D eigenvalue weighted by molar-refractivity contribution is 0.293. The van der Waals surface area contributed by atoms with Crippen LogP contribution in [0.3, 0.4) is 0 Å². The van der Waals surface area contributed by atoms with E-state index in [0.717, 1.165) is 19.5 Å². The van der Waals surface area contributed by atoms with Crippen molar-refractivity contribution in [1.29, 1.82) is 0 Å². The maximum Gasteiger partial charge on any atom is 0.243 e. The van der Waals surface area contributed by atoms with Crippen LogP contribution < -0.4 is 4.74 Å². The lowest BCUT2D eigenvalue weighted by Gasteiger charge is -2.21. The Bertz CT molecular complexity index is 664. The molecule has 0 N–H and O–H groups in total. The van der Waals surface area contributed by atoms with Crippen molar-refractivity contribution in [3.8, 4) is 5.75 Å². The second-order valence-corrected chi connectivity index (χ2v) is 7.98. The van der Waals surface area contributed by atoms with Crippen LogP contribution in [0.1, 0.15) is 18.9 Å². The van der Waals surface area contributed by atoms with Crippen LogP contribution in [0, 0.1) is 18.7 Å². The van der Waals surface area contributed by atoms with Gasteiger partial charge in [-0.3, -0.25) is 0 Å². The first-order chi connectivity index (χ1) is 10.8. The zero-order chi connectivity index (χ0) is 17.2. The van der Waals surface area contributed by atoms with Crippen LogP contribution in [0.5, 0.6) is 5.75 Å². The van der Waals surface area contributed by atoms with E-state index < -0.39 is 15.8 Å². The van der Waals surface area contributed by atoms with E-state index in [1.165, 1.54) is 30.5 Å². The third kappa shape index (κ3) is 3.67. The molecule has 0 radical (unpaired) electrons. The van der Waals surface area contributed by atoms with Crippen molar-refractivity contribution in [2.75, 3.05) is 40.3 Å². The predicted molar refractivity (Wildman–Crippen MR) is 87.7 cm³/mol. The van der Waals surface area contributed by atoms with Gasteiger partial charge in [0.25, 0.3) is 0 Å². The summed E-state index contributed by atoms with van der Waals surface area (Å²) in [7, 11) is -0.283. The van der Waals surface area contributed by atoms with Gasteiger partial charge in [-0.1, -0.05) is 6.92 Å². The molecule has 1 aliphatic heterocycles. The van der Waals surface area contributed by atoms with E-state index in [1.54, 1.807) is 0 Å². The Morgan fingerprint density at radius 3 is 2.74 bits per heavy atom. The molecule has 0 aromatic heterocycles. The molecule has 0 unspecified atom stereocenters. The van der Waals surface area contributed by atoms with Gasteiger partial charge >= 0.3 is 0 Å². The summed E-state index contributed by atoms with van der Waals surface area (Å²) in [6.45, 7) is 6.33. The van der Waals surface area contributed by atoms with Crippen molar-refractivity contribution in [2.45, 2.75) is 25.2 Å². The van der Waals surface area contributed by atoms with Gasteiger partial charge in [0.15, 0.2) is 11.6 Å². The van der Waals surface area contributed by atoms with Crippen LogP contribution in [-0.2, 0) is 10.0 Å². The molecule has 0 aliphatic carbocycles. The Hall–Kier alpha value is -1.18. The van der Waals surface area contributed by atoms with Gasteiger partial charge in [0.05, 0.1) is 12.0 Å². The van der Waals surface area contributed by atoms with Crippen molar-refractivity contribution in [2.24, 2.45) is 5.92 Å². The second-order valence-electron chi connectivity index (χ2n) is 6.08. The monoisotopic (exact) mass is 344 g/mol. The molecular formula is C16H25FN2O3S. The molecular weight excluding hydrogens is 319 g/mol. The molecule has 23 heavy (non-hydrogen) atoms. The van der Waals surface area contributed by atoms with Crippen molar-refractivity contribution in [3.05, 3.63) is 23.5 Å². The fourth-order valence-corrected chi connectivity index (χ4v) is 4.70. The number of methoxy groups -OCH3 is 1. The van der Waals surface area contributed by atoms with Crippen LogP contribution in [-0.4, -0.2) is 58.0 Å². The zero-order valence-electron chi connectivity index (χ0n) is 14.2. The first-order valence-electron chi connectivity index (χ1n) is 7.83. The summed E-state index contributed by atoms with van der Waals surface area (Å²) in [6.07, 6.45) is 0.835. The highest BCUT2D eigenvalue weighted by Crippen LogP contribution is 2.30. The standard InChI is InChI=1S/C16H25FN2O3S/c1-5-18(3)10-13-8-9-19(11-13)23(20,21)15-7-6-14(22-4)16(17)12(15)2/h6-7,13H,5,8-11H2,1-4H3/t13-/m0/s1. The predicted octanol–water partition coefficient (Wildman–Crippen LogP) is 2.11. The molecule has 0 spiro atoms. The molecule has 130 valence electrons. The molecule has 1 heterocycles. The molecule has 1 fully saturated rings. The van der Waals surface area contributed by atoms with E-state index >= 15 is 0 Å². The molecule has 5 nitrogen and oxygen atoms in total. The molecule has 0 saturated carbocycles. The Balaban J connectivity index is 2.22. The number of benzene rings is 1. The number of hydrogen-bond acceptors (Lipinski definition) is 4. The number of nitrogens with zero attached hydrogens (tertiary/aromatic N) is 2. The van der Waals surface area contributed by atoms with Crippen molar-refractivity contribution >= 4 is 10.0 Å². The molecule has 1 aliphatic rings. The van der Waals surface area contributed by atoms with E-state index in [2.05, 4.69) is 11.8 Å². The smallest absolute Gasteiger partial charge is 0.243 e. The highest BCUT2D eigenvalue weighted by atomic mass is 32.2. The van der Waals surface area contributed by atoms with Gasteiger partial charge in [-0.2, -0.15) is 4.31 Å². The molecule has 1 atom stereocenters. The lowest BCUT2D eigenvalue weighted by atomic mass is 10.1. The lowest BCUT2D eigenvalue weighted by Crippen LogP contribution is -2.32. The Kier molecular flexibility index (Phi) is 5.65. The topological polar surface area (TPSA) is 49.9 Å². The van der Waals surface area contributed by atoms with E-state index in [4.69, 9.17) is 4.74 Å². The fourth-order valence-electron chi connectivity index (χ4n) is 2.95. The fraction of sp³-hybridized carbons (Fsp3) is 0.625. The first-order valence-corrected chi connectivity index (χ1v) is 9.27. The van der Waals surface area contributed by atoms with Gasteiger partial charge in [0, 0.05) is 25.2 Å². The highest BCUT2D eigenvalue weighted by Gasteiger charge is 2.34. The van der Waals surface area contributed by atoms with Gasteiger partial charge in [-0.15, -0.1) is 0 Å². The minimum Gasteiger partial charge on any atom is -0.494 e. The van der Waals surface area contributed by atoms with Gasteiger partial charge in [-0.25, -0.2) is 12.8 Å². The summed E-state index contributed by atoms with van der Waals surface area (Å²) in [6, 6.07) is 2.80. The second kappa shape index (κ2) is 7.15. The summed E-state index contributed by atoms with van der Waals surface area (Å²) in [5, 5.41) is 0. The average Bonchev–Trinajstić information content (AvgIpc) is 2.98. The maximum absolute atomic E-state index is 14.2. The molecule has 0 bridgehead atoms. The molecule has 1 aromatic carbocycles. The SMILES string of the molecule is CCN(C)C[C@@H]1CCN(S(=O)(=O)c2ccc(OC)c(F)c2C)C1. The largest absolute Gasteiger partial charge is 0.494 e. The van der Waals surface area contributed by atoms with E-state index in [1.807, 2.05) is 7.05 Å². The summed E-state index contributed by atoms with van der Waals surface area (Å²) in [5.41, 5.74) is 0.110. The van der Waals surface area contributed by atoms with Gasteiger partial charge in [0.2, 0.25) is 10.0 Å². The van der Waals surface area contributed by atoms with Crippen LogP contribution in [0.15, 0.2) is 17.0 Å². The molecule has 1 aromatic rings. The minimum atomic E-state index is -3.67. The minimum absolute atomic E-state index is 0.0281. The van der Waals surface area contributed by atoms with Gasteiger partial charge in [-0.05, 0) is 45.0 Å². The number of rotatable bonds is 6. The van der Waals surface area contributed by atoms with Gasteiger partial charge in [0.1, 0.15) is 0 Å². The maximum atomic E-state index is 14.2. The molecule has 0 amide bonds. The number of halogens is 1. The van der Waals surface area contributed by atoms with Crippen LogP contribution in [0.2, 0.25) is 0 Å². The molecule has 2 rings (SSSR count). The summed E-state index contributed by atoms with van der Waals surface area (Å²) < 4.78 is 46.2. The van der Waals surface area contributed by atoms with E-state index in [-0.39, 0.29) is 16.2 Å². The van der Waals surface area contributed by atoms with Crippen molar-refractivity contribution < 1.29 is 17.5 Å². The molecule has 1 saturated heterocycles. The third-order valence-electron chi connectivity index (χ3n) is 4.50. The van der Waals surface area contributed by atoms with E-state index in [0.29, 0.717) is 19.0 Å². The summed E-state index contributed by atoms with van der Waals surface area (Å²) in [4.78, 5) is 2.21. The zero-order valence-corrected chi connectivity index (χ0v) is 15.0. The normalized spacial score (nSPS) is 19.5. The van der Waals surface area contributed by atoms with Crippen molar-refractivity contribution in [1.82, 2.24) is 9.21 Å². The summed E-state index contributed by atoms with van der Waals surface area (Å²) >= 11 is 0. The van der Waals surface area contributed by atoms with Crippen LogP contribution in [0.4, 0.5) is 4.39 Å². The third-order valence-corrected chi connectivity index (χ3v) is 6.51. The Labute approximate surface area is 138 Å². The quantitative estimate of drug-likeness (QED) is 0.793. The van der Waals surface area contributed by atoms with E-state index in [9.17, 15) is 12.8 Å². The number of ether oxygens (including phenoxy) is 1. The van der Waals surface area contributed by atoms with Crippen LogP contribution >= 0.6 is 0 Å². The number of hydrogen-bond donors (Lipinski definition) is 0. The van der Waals surface area contributed by atoms with Crippen molar-refractivity contribution in [3.63, 3.8) is 0 Å². The highest BCUT2D eigenvalue weighted by molar-refractivity contribution is 7.89. The van der Waals surface area contributed by atoms with Crippen LogP contribution in [0.25, 0.3) is 0 Å². The first kappa shape index (κ1) is 18.2. The average molecular weight is 344 g/mol. The van der Waals surface area contributed by atoms with Gasteiger partial charge < -0.3 is 9.64 Å². The summed E-state index contributed by atoms with van der Waals surface area (Å²) in [5.74, 6) is -0.238. The molecule has 7 heteroatoms.